The third-order valence-electron chi connectivity index (χ3n) is 3.59. The van der Waals surface area contributed by atoms with Crippen molar-refractivity contribution in [3.8, 4) is 0 Å². The fourth-order valence-corrected chi connectivity index (χ4v) is 2.70. The van der Waals surface area contributed by atoms with Crippen molar-refractivity contribution in [2.75, 3.05) is 6.54 Å². The van der Waals surface area contributed by atoms with Crippen LogP contribution in [0.4, 0.5) is 0 Å². The van der Waals surface area contributed by atoms with Crippen molar-refractivity contribution in [1.82, 2.24) is 10.3 Å². The van der Waals surface area contributed by atoms with Gasteiger partial charge in [0.1, 0.15) is 0 Å². The molecule has 0 fully saturated rings. The van der Waals surface area contributed by atoms with Gasteiger partial charge in [-0.25, -0.2) is 0 Å². The van der Waals surface area contributed by atoms with Crippen LogP contribution in [0.2, 0.25) is 5.02 Å². The maximum atomic E-state index is 6.38. The van der Waals surface area contributed by atoms with Crippen molar-refractivity contribution in [2.45, 2.75) is 32.2 Å². The van der Waals surface area contributed by atoms with Crippen LogP contribution < -0.4 is 5.32 Å². The second kappa shape index (κ2) is 7.41. The minimum absolute atomic E-state index is 0.214. The first-order chi connectivity index (χ1) is 9.74. The van der Waals surface area contributed by atoms with Crippen molar-refractivity contribution in [3.05, 3.63) is 64.9 Å². The molecule has 1 aromatic carbocycles. The number of rotatable bonds is 6. The van der Waals surface area contributed by atoms with Crippen LogP contribution in [0.1, 0.15) is 43.4 Å². The summed E-state index contributed by atoms with van der Waals surface area (Å²) in [4.78, 5) is 4.09. The Balaban J connectivity index is 2.30. The standard InChI is InChI=1S/C17H21ClN2/c1-3-10-20-17(15-6-4-5-7-16(15)18)13(2)14-8-11-19-12-9-14/h4-9,11-13,17,20H,3,10H2,1-2H3. The second-order valence-corrected chi connectivity index (χ2v) is 5.43. The molecule has 2 nitrogen and oxygen atoms in total. The average Bonchev–Trinajstić information content (AvgIpc) is 2.50. The van der Waals surface area contributed by atoms with Crippen molar-refractivity contribution >= 4 is 11.6 Å². The van der Waals surface area contributed by atoms with Gasteiger partial charge in [0.25, 0.3) is 0 Å². The van der Waals surface area contributed by atoms with Crippen LogP contribution in [-0.2, 0) is 0 Å². The Morgan fingerprint density at radius 2 is 1.85 bits per heavy atom. The number of hydrogen-bond donors (Lipinski definition) is 1. The van der Waals surface area contributed by atoms with Crippen LogP contribution >= 0.6 is 11.6 Å². The van der Waals surface area contributed by atoms with Gasteiger partial charge in [-0.05, 0) is 42.3 Å². The van der Waals surface area contributed by atoms with E-state index >= 15 is 0 Å². The Bertz CT molecular complexity index is 528. The number of halogens is 1. The second-order valence-electron chi connectivity index (χ2n) is 5.02. The third kappa shape index (κ3) is 3.59. The lowest BCUT2D eigenvalue weighted by Gasteiger charge is -2.27. The molecule has 0 saturated heterocycles. The van der Waals surface area contributed by atoms with E-state index in [2.05, 4.69) is 42.3 Å². The molecule has 0 radical (unpaired) electrons. The van der Waals surface area contributed by atoms with E-state index in [0.717, 1.165) is 23.6 Å². The SMILES string of the molecule is CCCNC(c1ccccc1Cl)C(C)c1ccncc1. The van der Waals surface area contributed by atoms with Gasteiger partial charge >= 0.3 is 0 Å². The zero-order valence-electron chi connectivity index (χ0n) is 12.0. The summed E-state index contributed by atoms with van der Waals surface area (Å²) in [6, 6.07) is 12.4. The number of pyridine rings is 1. The smallest absolute Gasteiger partial charge is 0.0454 e. The van der Waals surface area contributed by atoms with E-state index in [-0.39, 0.29) is 6.04 Å². The van der Waals surface area contributed by atoms with Crippen LogP contribution in [-0.4, -0.2) is 11.5 Å². The maximum Gasteiger partial charge on any atom is 0.0454 e. The highest BCUT2D eigenvalue weighted by molar-refractivity contribution is 6.31. The van der Waals surface area contributed by atoms with E-state index in [1.807, 2.05) is 30.6 Å². The van der Waals surface area contributed by atoms with Gasteiger partial charge in [-0.15, -0.1) is 0 Å². The summed E-state index contributed by atoms with van der Waals surface area (Å²) in [6.07, 6.45) is 4.79. The van der Waals surface area contributed by atoms with Crippen LogP contribution in [0.15, 0.2) is 48.8 Å². The molecule has 1 heterocycles. The molecular formula is C17H21ClN2. The minimum atomic E-state index is 0.214. The van der Waals surface area contributed by atoms with Gasteiger partial charge in [-0.3, -0.25) is 4.98 Å². The van der Waals surface area contributed by atoms with E-state index in [1.54, 1.807) is 0 Å². The zero-order valence-corrected chi connectivity index (χ0v) is 12.8. The van der Waals surface area contributed by atoms with Gasteiger partial charge in [0.15, 0.2) is 0 Å². The molecule has 2 rings (SSSR count). The van der Waals surface area contributed by atoms with Gasteiger partial charge in [-0.1, -0.05) is 43.6 Å². The molecule has 0 saturated carbocycles. The molecule has 0 spiro atoms. The molecule has 2 atom stereocenters. The molecule has 106 valence electrons. The molecule has 0 aliphatic rings. The number of aromatic nitrogens is 1. The van der Waals surface area contributed by atoms with Crippen molar-refractivity contribution < 1.29 is 0 Å². The Hall–Kier alpha value is -1.38. The minimum Gasteiger partial charge on any atom is -0.309 e. The van der Waals surface area contributed by atoms with E-state index in [0.29, 0.717) is 5.92 Å². The van der Waals surface area contributed by atoms with Gasteiger partial charge in [0.2, 0.25) is 0 Å². The van der Waals surface area contributed by atoms with Gasteiger partial charge < -0.3 is 5.32 Å². The summed E-state index contributed by atoms with van der Waals surface area (Å²) in [7, 11) is 0. The Labute approximate surface area is 126 Å². The molecule has 1 aromatic heterocycles. The molecule has 0 aliphatic carbocycles. The van der Waals surface area contributed by atoms with Crippen LogP contribution in [0.25, 0.3) is 0 Å². The summed E-state index contributed by atoms with van der Waals surface area (Å²) < 4.78 is 0. The lowest BCUT2D eigenvalue weighted by atomic mass is 9.89. The highest BCUT2D eigenvalue weighted by Gasteiger charge is 2.22. The number of nitrogens with one attached hydrogen (secondary N) is 1. The molecular weight excluding hydrogens is 268 g/mol. The highest BCUT2D eigenvalue weighted by Crippen LogP contribution is 2.33. The number of benzene rings is 1. The summed E-state index contributed by atoms with van der Waals surface area (Å²) >= 11 is 6.38. The first kappa shape index (κ1) is 15.0. The van der Waals surface area contributed by atoms with Crippen LogP contribution in [0.3, 0.4) is 0 Å². The van der Waals surface area contributed by atoms with E-state index in [4.69, 9.17) is 11.6 Å². The largest absolute Gasteiger partial charge is 0.309 e. The Morgan fingerprint density at radius 3 is 2.50 bits per heavy atom. The molecule has 0 amide bonds. The number of nitrogens with zero attached hydrogens (tertiary/aromatic N) is 1. The lowest BCUT2D eigenvalue weighted by Crippen LogP contribution is -2.27. The van der Waals surface area contributed by atoms with Crippen molar-refractivity contribution in [3.63, 3.8) is 0 Å². The zero-order chi connectivity index (χ0) is 14.4. The van der Waals surface area contributed by atoms with Crippen LogP contribution in [0.5, 0.6) is 0 Å². The summed E-state index contributed by atoms with van der Waals surface area (Å²) in [5.74, 6) is 0.337. The lowest BCUT2D eigenvalue weighted by molar-refractivity contribution is 0.466. The predicted octanol–water partition coefficient (Wildman–Crippen LogP) is 4.58. The van der Waals surface area contributed by atoms with Crippen molar-refractivity contribution in [1.29, 1.82) is 0 Å². The fourth-order valence-electron chi connectivity index (χ4n) is 2.44. The third-order valence-corrected chi connectivity index (χ3v) is 3.93. The Morgan fingerprint density at radius 1 is 1.15 bits per heavy atom. The monoisotopic (exact) mass is 288 g/mol. The van der Waals surface area contributed by atoms with Gasteiger partial charge in [0, 0.05) is 29.4 Å². The fraction of sp³-hybridized carbons (Fsp3) is 0.353. The predicted molar refractivity (Wildman–Crippen MR) is 85.1 cm³/mol. The van der Waals surface area contributed by atoms with E-state index in [9.17, 15) is 0 Å². The molecule has 20 heavy (non-hydrogen) atoms. The first-order valence-electron chi connectivity index (χ1n) is 7.11. The highest BCUT2D eigenvalue weighted by atomic mass is 35.5. The molecule has 2 aromatic rings. The number of hydrogen-bond acceptors (Lipinski definition) is 2. The normalized spacial score (nSPS) is 13.9. The van der Waals surface area contributed by atoms with Gasteiger partial charge in [0.05, 0.1) is 0 Å². The topological polar surface area (TPSA) is 24.9 Å². The molecule has 1 N–H and O–H groups in total. The Kier molecular flexibility index (Phi) is 5.57. The first-order valence-corrected chi connectivity index (χ1v) is 7.49. The van der Waals surface area contributed by atoms with Gasteiger partial charge in [-0.2, -0.15) is 0 Å². The maximum absolute atomic E-state index is 6.38. The summed E-state index contributed by atoms with van der Waals surface area (Å²) in [6.45, 7) is 5.38. The molecule has 3 heteroatoms. The molecule has 2 unspecified atom stereocenters. The molecule has 0 bridgehead atoms. The quantitative estimate of drug-likeness (QED) is 0.841. The van der Waals surface area contributed by atoms with Crippen LogP contribution in [0, 0.1) is 0 Å². The van der Waals surface area contributed by atoms with E-state index < -0.39 is 0 Å². The molecule has 0 aliphatic heterocycles. The average molecular weight is 289 g/mol. The summed E-state index contributed by atoms with van der Waals surface area (Å²) in [5.41, 5.74) is 2.43. The van der Waals surface area contributed by atoms with Crippen molar-refractivity contribution in [2.24, 2.45) is 0 Å². The van der Waals surface area contributed by atoms with E-state index in [1.165, 1.54) is 5.56 Å². The summed E-state index contributed by atoms with van der Waals surface area (Å²) in [5, 5.41) is 4.44.